The Morgan fingerprint density at radius 2 is 1.79 bits per heavy atom. The second-order valence-corrected chi connectivity index (χ2v) is 6.79. The molecule has 3 amide bonds. The molecule has 8 heteroatoms. The van der Waals surface area contributed by atoms with Gasteiger partial charge in [-0.3, -0.25) is 4.79 Å². The highest BCUT2D eigenvalue weighted by atomic mass is 16.5. The Morgan fingerprint density at radius 3 is 2.39 bits per heavy atom. The summed E-state index contributed by atoms with van der Waals surface area (Å²) in [6.07, 6.45) is 0.191. The molecule has 0 bridgehead atoms. The number of carbonyl (C=O) groups excluding carboxylic acids is 2. The van der Waals surface area contributed by atoms with Crippen molar-refractivity contribution < 1.29 is 14.3 Å². The normalized spacial score (nSPS) is 10.8. The van der Waals surface area contributed by atoms with E-state index in [4.69, 9.17) is 4.74 Å². The Morgan fingerprint density at radius 1 is 1.14 bits per heavy atom. The lowest BCUT2D eigenvalue weighted by atomic mass is 10.1. The van der Waals surface area contributed by atoms with Gasteiger partial charge >= 0.3 is 6.03 Å². The van der Waals surface area contributed by atoms with Crippen molar-refractivity contribution in [1.29, 1.82) is 0 Å². The maximum absolute atomic E-state index is 12.6. The third-order valence-corrected chi connectivity index (χ3v) is 4.16. The number of nitrogens with zero attached hydrogens (tertiary/aromatic N) is 2. The molecular formula is C20H29N5O3. The summed E-state index contributed by atoms with van der Waals surface area (Å²) in [5, 5.41) is 12.8. The number of anilines is 2. The maximum atomic E-state index is 12.6. The highest BCUT2D eigenvalue weighted by molar-refractivity contribution is 5.99. The van der Waals surface area contributed by atoms with Gasteiger partial charge in [0.15, 0.2) is 0 Å². The molecule has 0 fully saturated rings. The number of nitrogens with one attached hydrogen (secondary N) is 3. The van der Waals surface area contributed by atoms with Gasteiger partial charge in [-0.1, -0.05) is 12.1 Å². The number of aryl methyl sites for hydroxylation is 1. The second kappa shape index (κ2) is 9.89. The van der Waals surface area contributed by atoms with Gasteiger partial charge in [-0.05, 0) is 46.8 Å². The zero-order valence-electron chi connectivity index (χ0n) is 17.1. The van der Waals surface area contributed by atoms with Gasteiger partial charge in [0.05, 0.1) is 23.5 Å². The number of benzene rings is 1. The second-order valence-electron chi connectivity index (χ2n) is 6.79. The molecule has 0 radical (unpaired) electrons. The van der Waals surface area contributed by atoms with Crippen LogP contribution in [0.2, 0.25) is 0 Å². The first-order valence-corrected chi connectivity index (χ1v) is 9.38. The third-order valence-electron chi connectivity index (χ3n) is 4.16. The summed E-state index contributed by atoms with van der Waals surface area (Å²) < 4.78 is 7.16. The molecule has 2 rings (SSSR count). The van der Waals surface area contributed by atoms with Crippen LogP contribution in [0.4, 0.5) is 16.2 Å². The number of ether oxygens (including phenoxy) is 1. The van der Waals surface area contributed by atoms with Crippen LogP contribution in [0, 0.1) is 13.8 Å². The van der Waals surface area contributed by atoms with Crippen molar-refractivity contribution in [3.63, 3.8) is 0 Å². The van der Waals surface area contributed by atoms with Crippen LogP contribution >= 0.6 is 0 Å². The zero-order valence-corrected chi connectivity index (χ0v) is 17.1. The van der Waals surface area contributed by atoms with E-state index in [0.29, 0.717) is 24.7 Å². The van der Waals surface area contributed by atoms with Crippen LogP contribution in [0.15, 0.2) is 24.3 Å². The largest absolute Gasteiger partial charge is 0.360 e. The molecule has 3 N–H and O–H groups in total. The van der Waals surface area contributed by atoms with E-state index in [1.807, 2.05) is 34.6 Å². The first-order chi connectivity index (χ1) is 13.3. The van der Waals surface area contributed by atoms with Crippen molar-refractivity contribution in [2.75, 3.05) is 17.2 Å². The van der Waals surface area contributed by atoms with Gasteiger partial charge in [-0.2, -0.15) is 5.10 Å². The molecule has 0 unspecified atom stereocenters. The first kappa shape index (κ1) is 21.4. The molecule has 0 aliphatic heterocycles. The van der Waals surface area contributed by atoms with Crippen LogP contribution in [0.25, 0.3) is 0 Å². The van der Waals surface area contributed by atoms with Gasteiger partial charge in [0.1, 0.15) is 6.73 Å². The van der Waals surface area contributed by atoms with Gasteiger partial charge in [0.2, 0.25) is 5.91 Å². The number of para-hydroxylation sites is 2. The van der Waals surface area contributed by atoms with Gasteiger partial charge in [-0.15, -0.1) is 0 Å². The lowest BCUT2D eigenvalue weighted by molar-refractivity contribution is -0.115. The number of urea groups is 1. The summed E-state index contributed by atoms with van der Waals surface area (Å²) in [5.41, 5.74) is 3.66. The number of hydrogen-bond donors (Lipinski definition) is 3. The minimum Gasteiger partial charge on any atom is -0.360 e. The van der Waals surface area contributed by atoms with Crippen molar-refractivity contribution in [3.8, 4) is 0 Å². The Balaban J connectivity index is 2.08. The third kappa shape index (κ3) is 5.82. The summed E-state index contributed by atoms with van der Waals surface area (Å²) >= 11 is 0. The average Bonchev–Trinajstić information content (AvgIpc) is 2.88. The number of amides is 3. The van der Waals surface area contributed by atoms with Gasteiger partial charge in [0, 0.05) is 23.9 Å². The van der Waals surface area contributed by atoms with Gasteiger partial charge in [-0.25, -0.2) is 9.48 Å². The highest BCUT2D eigenvalue weighted by Gasteiger charge is 2.16. The Labute approximate surface area is 165 Å². The predicted molar refractivity (Wildman–Crippen MR) is 109 cm³/mol. The molecule has 0 spiro atoms. The van der Waals surface area contributed by atoms with E-state index in [9.17, 15) is 9.59 Å². The summed E-state index contributed by atoms with van der Waals surface area (Å²) in [6.45, 7) is 10.4. The number of rotatable bonds is 8. The smallest absolute Gasteiger partial charge is 0.319 e. The van der Waals surface area contributed by atoms with E-state index >= 15 is 0 Å². The first-order valence-electron chi connectivity index (χ1n) is 9.38. The van der Waals surface area contributed by atoms with Crippen molar-refractivity contribution in [2.45, 2.75) is 53.8 Å². The fourth-order valence-electron chi connectivity index (χ4n) is 2.77. The topological polar surface area (TPSA) is 97.3 Å². The summed E-state index contributed by atoms with van der Waals surface area (Å²) in [7, 11) is 0. The van der Waals surface area contributed by atoms with E-state index < -0.39 is 0 Å². The number of aromatic nitrogens is 2. The average molecular weight is 387 g/mol. The van der Waals surface area contributed by atoms with Crippen LogP contribution in [0.3, 0.4) is 0 Å². The van der Waals surface area contributed by atoms with E-state index in [-0.39, 0.29) is 24.4 Å². The summed E-state index contributed by atoms with van der Waals surface area (Å²) in [6, 6.07) is 6.79. The SMILES string of the molecule is CCOCn1nc(C)c(CC(=O)Nc2ccccc2NC(=O)NC(C)C)c1C. The minimum absolute atomic E-state index is 0.0147. The molecular weight excluding hydrogens is 358 g/mol. The molecule has 0 atom stereocenters. The van der Waals surface area contributed by atoms with Crippen molar-refractivity contribution in [3.05, 3.63) is 41.2 Å². The molecule has 1 aromatic carbocycles. The summed E-state index contributed by atoms with van der Waals surface area (Å²) in [5.74, 6) is -0.180. The fourth-order valence-corrected chi connectivity index (χ4v) is 2.77. The number of hydrogen-bond acceptors (Lipinski definition) is 4. The van der Waals surface area contributed by atoms with E-state index in [1.54, 1.807) is 28.9 Å². The standard InChI is InChI=1S/C20H29N5O3/c1-6-28-12-25-15(5)16(14(4)24-25)11-19(26)22-17-9-7-8-10-18(17)23-20(27)21-13(2)3/h7-10,13H,6,11-12H2,1-5H3,(H,22,26)(H2,21,23,27). The molecule has 0 saturated carbocycles. The quantitative estimate of drug-likeness (QED) is 0.648. The molecule has 0 saturated heterocycles. The lowest BCUT2D eigenvalue weighted by Crippen LogP contribution is -2.34. The maximum Gasteiger partial charge on any atom is 0.319 e. The van der Waals surface area contributed by atoms with Crippen LogP contribution < -0.4 is 16.0 Å². The van der Waals surface area contributed by atoms with Crippen molar-refractivity contribution >= 4 is 23.3 Å². The minimum atomic E-state index is -0.319. The van der Waals surface area contributed by atoms with Crippen LogP contribution in [-0.2, 0) is 22.7 Å². The van der Waals surface area contributed by atoms with Gasteiger partial charge < -0.3 is 20.7 Å². The molecule has 8 nitrogen and oxygen atoms in total. The Kier molecular flexibility index (Phi) is 7.57. The molecule has 1 aromatic heterocycles. The van der Waals surface area contributed by atoms with Crippen LogP contribution in [0.1, 0.15) is 37.7 Å². The molecule has 2 aromatic rings. The van der Waals surface area contributed by atoms with Crippen LogP contribution in [0.5, 0.6) is 0 Å². The van der Waals surface area contributed by atoms with E-state index in [0.717, 1.165) is 17.0 Å². The molecule has 28 heavy (non-hydrogen) atoms. The highest BCUT2D eigenvalue weighted by Crippen LogP contribution is 2.22. The zero-order chi connectivity index (χ0) is 20.7. The van der Waals surface area contributed by atoms with Crippen molar-refractivity contribution in [2.24, 2.45) is 0 Å². The lowest BCUT2D eigenvalue weighted by Gasteiger charge is -2.14. The molecule has 1 heterocycles. The molecule has 0 aliphatic rings. The number of carbonyl (C=O) groups is 2. The van der Waals surface area contributed by atoms with E-state index in [2.05, 4.69) is 21.0 Å². The predicted octanol–water partition coefficient (Wildman–Crippen LogP) is 3.21. The van der Waals surface area contributed by atoms with Crippen molar-refractivity contribution in [1.82, 2.24) is 15.1 Å². The molecule has 152 valence electrons. The summed E-state index contributed by atoms with van der Waals surface area (Å²) in [4.78, 5) is 24.6. The Hall–Kier alpha value is -2.87. The monoisotopic (exact) mass is 387 g/mol. The van der Waals surface area contributed by atoms with Gasteiger partial charge in [0.25, 0.3) is 0 Å². The fraction of sp³-hybridized carbons (Fsp3) is 0.450. The Bertz CT molecular complexity index is 829. The van der Waals surface area contributed by atoms with Crippen LogP contribution in [-0.4, -0.2) is 34.4 Å². The van der Waals surface area contributed by atoms with E-state index in [1.165, 1.54) is 0 Å². The molecule has 0 aliphatic carbocycles.